The van der Waals surface area contributed by atoms with E-state index in [0.29, 0.717) is 12.8 Å². The number of aromatic nitrogens is 8. The lowest BCUT2D eigenvalue weighted by Gasteiger charge is -2.08. The summed E-state index contributed by atoms with van der Waals surface area (Å²) >= 11 is 0. The Morgan fingerprint density at radius 1 is 0.500 bits per heavy atom. The quantitative estimate of drug-likeness (QED) is 0.440. The molecule has 2 heterocycles. The van der Waals surface area contributed by atoms with Crippen LogP contribution in [-0.2, 0) is 12.8 Å². The molecule has 0 radical (unpaired) electrons. The van der Waals surface area contributed by atoms with Crippen LogP contribution in [0.4, 0.5) is 0 Å². The Bertz CT molecular complexity index is 1130. The first-order chi connectivity index (χ1) is 14.9. The molecule has 30 heavy (non-hydrogen) atoms. The average Bonchev–Trinajstić information content (AvgIpc) is 3.45. The Balaban J connectivity index is 1.39. The molecule has 0 spiro atoms. The highest BCUT2D eigenvalue weighted by Gasteiger charge is 2.12. The smallest absolute Gasteiger partial charge is 0.161 e. The van der Waals surface area contributed by atoms with Crippen molar-refractivity contribution in [2.24, 2.45) is 0 Å². The van der Waals surface area contributed by atoms with Crippen LogP contribution in [-0.4, -0.2) is 40.4 Å². The second-order valence-electron chi connectivity index (χ2n) is 6.85. The van der Waals surface area contributed by atoms with Crippen LogP contribution in [0, 0.1) is 0 Å². The number of tetrazole rings is 2. The molecule has 5 aromatic rings. The minimum absolute atomic E-state index is 0.657. The molecule has 146 valence electrons. The zero-order valence-electron chi connectivity index (χ0n) is 16.1. The fourth-order valence-electron chi connectivity index (χ4n) is 3.32. The molecule has 2 aromatic heterocycles. The van der Waals surface area contributed by atoms with Gasteiger partial charge < -0.3 is 0 Å². The van der Waals surface area contributed by atoms with E-state index in [4.69, 9.17) is 0 Å². The van der Waals surface area contributed by atoms with E-state index in [1.807, 2.05) is 60.7 Å². The Morgan fingerprint density at radius 3 is 1.30 bits per heavy atom. The van der Waals surface area contributed by atoms with Crippen LogP contribution in [0.25, 0.3) is 11.4 Å². The summed E-state index contributed by atoms with van der Waals surface area (Å²) in [5.74, 6) is 1.56. The Kier molecular flexibility index (Phi) is 4.79. The first kappa shape index (κ1) is 17.9. The molecule has 5 rings (SSSR count). The summed E-state index contributed by atoms with van der Waals surface area (Å²) in [5, 5.41) is 24.4. The molecule has 0 aliphatic heterocycles. The van der Waals surface area contributed by atoms with Crippen LogP contribution in [0.5, 0.6) is 0 Å². The van der Waals surface area contributed by atoms with Crippen molar-refractivity contribution in [2.75, 3.05) is 0 Å². The van der Waals surface area contributed by atoms with Gasteiger partial charge >= 0.3 is 0 Å². The number of hydrogen-bond acceptors (Lipinski definition) is 6. The van der Waals surface area contributed by atoms with E-state index in [1.165, 1.54) is 0 Å². The van der Waals surface area contributed by atoms with Crippen molar-refractivity contribution in [2.45, 2.75) is 12.8 Å². The maximum Gasteiger partial charge on any atom is 0.161 e. The highest BCUT2D eigenvalue weighted by Crippen LogP contribution is 2.16. The van der Waals surface area contributed by atoms with Crippen molar-refractivity contribution < 1.29 is 0 Å². The molecule has 0 aliphatic rings. The van der Waals surface area contributed by atoms with E-state index >= 15 is 0 Å². The van der Waals surface area contributed by atoms with Crippen molar-refractivity contribution in [1.29, 1.82) is 0 Å². The van der Waals surface area contributed by atoms with Gasteiger partial charge in [0.15, 0.2) is 11.6 Å². The third kappa shape index (κ3) is 3.70. The summed E-state index contributed by atoms with van der Waals surface area (Å²) in [6.45, 7) is 0. The van der Waals surface area contributed by atoms with Gasteiger partial charge in [-0.1, -0.05) is 60.7 Å². The van der Waals surface area contributed by atoms with Crippen molar-refractivity contribution in [3.8, 4) is 11.4 Å². The van der Waals surface area contributed by atoms with E-state index in [0.717, 1.165) is 34.2 Å². The predicted octanol–water partition coefficient (Wildman–Crippen LogP) is 2.82. The average molecular weight is 394 g/mol. The minimum atomic E-state index is 0.657. The van der Waals surface area contributed by atoms with Gasteiger partial charge in [0.25, 0.3) is 0 Å². The molecule has 8 heteroatoms. The third-order valence-corrected chi connectivity index (χ3v) is 4.82. The summed E-state index contributed by atoms with van der Waals surface area (Å²) in [4.78, 5) is 0. The lowest BCUT2D eigenvalue weighted by molar-refractivity contribution is 0.760. The Hall–Kier alpha value is -4.20. The molecule has 0 amide bonds. The maximum atomic E-state index is 4.19. The van der Waals surface area contributed by atoms with Crippen LogP contribution in [0.2, 0.25) is 0 Å². The molecule has 3 aromatic carbocycles. The largest absolute Gasteiger partial charge is 0.197 e. The van der Waals surface area contributed by atoms with Crippen molar-refractivity contribution in [1.82, 2.24) is 40.4 Å². The summed E-state index contributed by atoms with van der Waals surface area (Å²) in [6, 6.07) is 28.2. The first-order valence-corrected chi connectivity index (χ1v) is 9.60. The Labute approximate surface area is 172 Å². The summed E-state index contributed by atoms with van der Waals surface area (Å²) in [6.07, 6.45) is 1.31. The maximum absolute atomic E-state index is 4.19. The van der Waals surface area contributed by atoms with Crippen molar-refractivity contribution >= 4 is 0 Å². The number of hydrogen-bond donors (Lipinski definition) is 0. The van der Waals surface area contributed by atoms with Gasteiger partial charge in [0, 0.05) is 12.8 Å². The van der Waals surface area contributed by atoms with E-state index in [-0.39, 0.29) is 0 Å². The SMILES string of the molecule is c1ccc(Cc2nnnn2-c2ccc(-n3nnnc3Cc3ccccc3)cc2)cc1. The molecular weight excluding hydrogens is 376 g/mol. The molecule has 0 bridgehead atoms. The van der Waals surface area contributed by atoms with E-state index in [1.54, 1.807) is 9.36 Å². The van der Waals surface area contributed by atoms with Gasteiger partial charge in [-0.25, -0.2) is 0 Å². The van der Waals surface area contributed by atoms with Gasteiger partial charge in [0.2, 0.25) is 0 Å². The lowest BCUT2D eigenvalue weighted by Crippen LogP contribution is -2.06. The first-order valence-electron chi connectivity index (χ1n) is 9.60. The van der Waals surface area contributed by atoms with Gasteiger partial charge in [-0.3, -0.25) is 0 Å². The van der Waals surface area contributed by atoms with E-state index in [9.17, 15) is 0 Å². The van der Waals surface area contributed by atoms with Gasteiger partial charge in [-0.15, -0.1) is 10.2 Å². The van der Waals surface area contributed by atoms with Gasteiger partial charge in [0.05, 0.1) is 11.4 Å². The van der Waals surface area contributed by atoms with Crippen LogP contribution >= 0.6 is 0 Å². The molecule has 0 atom stereocenters. The lowest BCUT2D eigenvalue weighted by atomic mass is 10.1. The molecule has 0 fully saturated rings. The third-order valence-electron chi connectivity index (χ3n) is 4.82. The summed E-state index contributed by atoms with van der Waals surface area (Å²) < 4.78 is 3.50. The fourth-order valence-corrected chi connectivity index (χ4v) is 3.32. The minimum Gasteiger partial charge on any atom is -0.197 e. The number of nitrogens with zero attached hydrogens (tertiary/aromatic N) is 8. The standard InChI is InChI=1S/C22H18N8/c1-3-7-17(8-4-1)15-21-23-25-27-29(21)19-11-13-20(14-12-19)30-22(24-26-28-30)16-18-9-5-2-6-10-18/h1-14H,15-16H2. The molecular formula is C22H18N8. The topological polar surface area (TPSA) is 87.2 Å². The normalized spacial score (nSPS) is 10.9. The molecule has 0 unspecified atom stereocenters. The second kappa shape index (κ2) is 8.04. The molecule has 0 saturated heterocycles. The van der Waals surface area contributed by atoms with E-state index < -0.39 is 0 Å². The van der Waals surface area contributed by atoms with Gasteiger partial charge in [0.1, 0.15) is 0 Å². The fraction of sp³-hybridized carbons (Fsp3) is 0.0909. The van der Waals surface area contributed by atoms with Crippen molar-refractivity contribution in [3.05, 3.63) is 108 Å². The molecule has 0 N–H and O–H groups in total. The van der Waals surface area contributed by atoms with Crippen LogP contribution in [0.15, 0.2) is 84.9 Å². The highest BCUT2D eigenvalue weighted by atomic mass is 15.6. The highest BCUT2D eigenvalue weighted by molar-refractivity contribution is 5.41. The van der Waals surface area contributed by atoms with Gasteiger partial charge in [-0.2, -0.15) is 9.36 Å². The number of rotatable bonds is 6. The summed E-state index contributed by atoms with van der Waals surface area (Å²) in [5.41, 5.74) is 4.08. The monoisotopic (exact) mass is 394 g/mol. The van der Waals surface area contributed by atoms with Crippen LogP contribution < -0.4 is 0 Å². The van der Waals surface area contributed by atoms with Crippen LogP contribution in [0.3, 0.4) is 0 Å². The predicted molar refractivity (Wildman–Crippen MR) is 110 cm³/mol. The molecule has 8 nitrogen and oxygen atoms in total. The van der Waals surface area contributed by atoms with Crippen LogP contribution in [0.1, 0.15) is 22.8 Å². The zero-order valence-corrected chi connectivity index (χ0v) is 16.1. The zero-order chi connectivity index (χ0) is 20.2. The molecule has 0 aliphatic carbocycles. The Morgan fingerprint density at radius 2 is 0.900 bits per heavy atom. The van der Waals surface area contributed by atoms with Crippen molar-refractivity contribution in [3.63, 3.8) is 0 Å². The number of benzene rings is 3. The second-order valence-corrected chi connectivity index (χ2v) is 6.85. The van der Waals surface area contributed by atoms with Gasteiger partial charge in [-0.05, 0) is 56.2 Å². The molecule has 0 saturated carbocycles. The van der Waals surface area contributed by atoms with E-state index in [2.05, 4.69) is 55.3 Å². The summed E-state index contributed by atoms with van der Waals surface area (Å²) in [7, 11) is 0.